The lowest BCUT2D eigenvalue weighted by molar-refractivity contribution is -0.143. The molecule has 31 heavy (non-hydrogen) atoms. The lowest BCUT2D eigenvalue weighted by atomic mass is 9.97. The molecule has 3 rings (SSSR count). The number of pyridine rings is 1. The molecule has 0 atom stereocenters. The highest BCUT2D eigenvalue weighted by atomic mass is 32.2. The molecule has 7 nitrogen and oxygen atoms in total. The Hall–Kier alpha value is -2.97. The monoisotopic (exact) mass is 442 g/mol. The second-order valence-electron chi connectivity index (χ2n) is 7.08. The van der Waals surface area contributed by atoms with Gasteiger partial charge in [0.15, 0.2) is 0 Å². The second-order valence-corrected chi connectivity index (χ2v) is 8.78. The van der Waals surface area contributed by atoms with Crippen LogP contribution in [0.25, 0.3) is 0 Å². The molecule has 0 bridgehead atoms. The minimum absolute atomic E-state index is 0.104. The van der Waals surface area contributed by atoms with Crippen molar-refractivity contribution in [2.45, 2.75) is 37.7 Å². The maximum Gasteiger partial charge on any atom is 0.306 e. The van der Waals surface area contributed by atoms with Crippen LogP contribution in [0, 0.1) is 0 Å². The van der Waals surface area contributed by atoms with Crippen LogP contribution in [-0.2, 0) is 38.8 Å². The van der Waals surface area contributed by atoms with Gasteiger partial charge in [-0.05, 0) is 66.6 Å². The zero-order chi connectivity index (χ0) is 22.1. The highest BCUT2D eigenvalue weighted by Gasteiger charge is 2.16. The fraction of sp³-hybridized carbons (Fsp3) is 0.304. The van der Waals surface area contributed by atoms with Gasteiger partial charge in [0.1, 0.15) is 0 Å². The van der Waals surface area contributed by atoms with Gasteiger partial charge in [0.2, 0.25) is 5.09 Å². The summed E-state index contributed by atoms with van der Waals surface area (Å²) in [4.78, 5) is 15.9. The van der Waals surface area contributed by atoms with E-state index in [-0.39, 0.29) is 17.6 Å². The summed E-state index contributed by atoms with van der Waals surface area (Å²) in [5.41, 5.74) is 4.16. The topological polar surface area (TPSA) is 98.5 Å². The molecule has 2 heterocycles. The molecule has 0 saturated carbocycles. The molecule has 0 aliphatic rings. The van der Waals surface area contributed by atoms with Crippen molar-refractivity contribution < 1.29 is 22.4 Å². The van der Waals surface area contributed by atoms with Gasteiger partial charge in [-0.2, -0.15) is 0 Å². The summed E-state index contributed by atoms with van der Waals surface area (Å²) in [6.07, 6.45) is 6.95. The van der Waals surface area contributed by atoms with Gasteiger partial charge in [-0.1, -0.05) is 24.3 Å². The molecule has 0 saturated heterocycles. The first-order chi connectivity index (χ1) is 15.0. The highest BCUT2D eigenvalue weighted by molar-refractivity contribution is 7.89. The molecule has 0 spiro atoms. The lowest BCUT2D eigenvalue weighted by Gasteiger charge is -2.11. The number of carbonyl (C=O) groups excluding carboxylic acids is 1. The Kier molecular flexibility index (Phi) is 7.97. The van der Waals surface area contributed by atoms with Crippen LogP contribution in [0.2, 0.25) is 0 Å². The number of aromatic nitrogens is 1. The van der Waals surface area contributed by atoms with Crippen LogP contribution in [0.15, 0.2) is 70.6 Å². The number of nitrogens with one attached hydrogen (secondary N) is 1. The molecule has 164 valence electrons. The van der Waals surface area contributed by atoms with E-state index in [1.54, 1.807) is 13.1 Å². The molecule has 3 aromatic rings. The molecule has 2 aromatic heterocycles. The Labute approximate surface area is 182 Å². The van der Waals surface area contributed by atoms with Gasteiger partial charge in [-0.25, -0.2) is 13.1 Å². The largest absolute Gasteiger partial charge is 0.466 e. The first-order valence-corrected chi connectivity index (χ1v) is 11.6. The average molecular weight is 443 g/mol. The molecule has 1 N–H and O–H groups in total. The third-order valence-corrected chi connectivity index (χ3v) is 5.98. The van der Waals surface area contributed by atoms with Gasteiger partial charge in [-0.3, -0.25) is 9.78 Å². The standard InChI is InChI=1S/C23H26N2O5S/c1-2-29-22(26)8-7-18-13-19(9-11-25-31(27,28)23-6-4-12-30-23)15-21(14-18)16-20-5-3-10-24-17-20/h3-6,10,12-15,17,25H,2,7-9,11,16H2,1H3. The van der Waals surface area contributed by atoms with Crippen LogP contribution in [0.1, 0.15) is 35.6 Å². The average Bonchev–Trinajstić information content (AvgIpc) is 3.29. The van der Waals surface area contributed by atoms with Crippen molar-refractivity contribution in [1.82, 2.24) is 9.71 Å². The number of benzene rings is 1. The van der Waals surface area contributed by atoms with Gasteiger partial charge >= 0.3 is 5.97 Å². The van der Waals surface area contributed by atoms with Crippen molar-refractivity contribution in [3.8, 4) is 0 Å². The van der Waals surface area contributed by atoms with Crippen LogP contribution in [0.5, 0.6) is 0 Å². The van der Waals surface area contributed by atoms with Crippen LogP contribution in [-0.4, -0.2) is 32.5 Å². The second kappa shape index (κ2) is 10.9. The van der Waals surface area contributed by atoms with Crippen molar-refractivity contribution in [2.24, 2.45) is 0 Å². The smallest absolute Gasteiger partial charge is 0.306 e. The van der Waals surface area contributed by atoms with E-state index in [1.165, 1.54) is 18.4 Å². The number of aryl methyl sites for hydroxylation is 1. The molecule has 0 fully saturated rings. The van der Waals surface area contributed by atoms with E-state index < -0.39 is 10.0 Å². The number of hydrogen-bond acceptors (Lipinski definition) is 6. The van der Waals surface area contributed by atoms with Crippen molar-refractivity contribution in [2.75, 3.05) is 13.2 Å². The number of nitrogens with zero attached hydrogens (tertiary/aromatic N) is 1. The number of carbonyl (C=O) groups is 1. The Balaban J connectivity index is 1.71. The third-order valence-electron chi connectivity index (χ3n) is 4.63. The first kappa shape index (κ1) is 22.7. The van der Waals surface area contributed by atoms with E-state index in [2.05, 4.69) is 21.8 Å². The number of sulfonamides is 1. The van der Waals surface area contributed by atoms with Gasteiger partial charge in [0, 0.05) is 25.4 Å². The van der Waals surface area contributed by atoms with E-state index in [1.807, 2.05) is 24.4 Å². The summed E-state index contributed by atoms with van der Waals surface area (Å²) in [5.74, 6) is -0.229. The van der Waals surface area contributed by atoms with E-state index >= 15 is 0 Å². The van der Waals surface area contributed by atoms with Crippen molar-refractivity contribution >= 4 is 16.0 Å². The maximum absolute atomic E-state index is 12.2. The minimum Gasteiger partial charge on any atom is -0.466 e. The van der Waals surface area contributed by atoms with Gasteiger partial charge < -0.3 is 9.15 Å². The first-order valence-electron chi connectivity index (χ1n) is 10.2. The molecule has 0 unspecified atom stereocenters. The van der Waals surface area contributed by atoms with Crippen molar-refractivity contribution in [3.63, 3.8) is 0 Å². The predicted molar refractivity (Wildman–Crippen MR) is 116 cm³/mol. The van der Waals surface area contributed by atoms with Crippen LogP contribution in [0.4, 0.5) is 0 Å². The maximum atomic E-state index is 12.2. The number of hydrogen-bond donors (Lipinski definition) is 1. The fourth-order valence-corrected chi connectivity index (χ4v) is 4.22. The number of ether oxygens (including phenoxy) is 1. The normalized spacial score (nSPS) is 11.4. The van der Waals surface area contributed by atoms with Gasteiger partial charge in [0.05, 0.1) is 12.9 Å². The van der Waals surface area contributed by atoms with Crippen molar-refractivity contribution in [3.05, 3.63) is 83.4 Å². The summed E-state index contributed by atoms with van der Waals surface area (Å²) in [6.45, 7) is 2.38. The summed E-state index contributed by atoms with van der Waals surface area (Å²) in [6, 6.07) is 13.0. The summed E-state index contributed by atoms with van der Waals surface area (Å²) < 4.78 is 37.0. The number of rotatable bonds is 11. The minimum atomic E-state index is -3.67. The van der Waals surface area contributed by atoms with Crippen molar-refractivity contribution in [1.29, 1.82) is 0 Å². The SMILES string of the molecule is CCOC(=O)CCc1cc(CCNS(=O)(=O)c2ccco2)cc(Cc2cccnc2)c1. The molecule has 0 aliphatic carbocycles. The Morgan fingerprint density at radius 2 is 1.84 bits per heavy atom. The molecule has 0 radical (unpaired) electrons. The molecule has 0 aliphatic heterocycles. The highest BCUT2D eigenvalue weighted by Crippen LogP contribution is 2.17. The van der Waals surface area contributed by atoms with Crippen LogP contribution < -0.4 is 4.72 Å². The van der Waals surface area contributed by atoms with E-state index in [4.69, 9.17) is 9.15 Å². The number of furan rings is 1. The third kappa shape index (κ3) is 7.04. The predicted octanol–water partition coefficient (Wildman–Crippen LogP) is 3.28. The molecule has 8 heteroatoms. The van der Waals surface area contributed by atoms with E-state index in [9.17, 15) is 13.2 Å². The molecule has 0 amide bonds. The van der Waals surface area contributed by atoms with Crippen LogP contribution in [0.3, 0.4) is 0 Å². The molecular formula is C23H26N2O5S. The van der Waals surface area contributed by atoms with Gasteiger partial charge in [-0.15, -0.1) is 0 Å². The van der Waals surface area contributed by atoms with E-state index in [0.29, 0.717) is 32.3 Å². The summed E-state index contributed by atoms with van der Waals surface area (Å²) in [5, 5.41) is -0.104. The Morgan fingerprint density at radius 3 is 2.52 bits per heavy atom. The Morgan fingerprint density at radius 1 is 1.06 bits per heavy atom. The summed E-state index contributed by atoms with van der Waals surface area (Å²) in [7, 11) is -3.67. The fourth-order valence-electron chi connectivity index (χ4n) is 3.27. The zero-order valence-electron chi connectivity index (χ0n) is 17.4. The van der Waals surface area contributed by atoms with Crippen LogP contribution >= 0.6 is 0 Å². The number of esters is 1. The Bertz CT molecular complexity index is 1080. The molecular weight excluding hydrogens is 416 g/mol. The quantitative estimate of drug-likeness (QED) is 0.458. The van der Waals surface area contributed by atoms with E-state index in [0.717, 1.165) is 22.3 Å². The van der Waals surface area contributed by atoms with Gasteiger partial charge in [0.25, 0.3) is 10.0 Å². The lowest BCUT2D eigenvalue weighted by Crippen LogP contribution is -2.25. The zero-order valence-corrected chi connectivity index (χ0v) is 18.2. The molecule has 1 aromatic carbocycles. The summed E-state index contributed by atoms with van der Waals surface area (Å²) >= 11 is 0.